The number of urea groups is 1. The van der Waals surface area contributed by atoms with Crippen LogP contribution in [0.3, 0.4) is 0 Å². The van der Waals surface area contributed by atoms with Gasteiger partial charge in [-0.15, -0.1) is 0 Å². The number of furan rings is 1. The molecule has 0 radical (unpaired) electrons. The number of para-hydroxylation sites is 1. The Bertz CT molecular complexity index is 575. The Morgan fingerprint density at radius 1 is 1.45 bits per heavy atom. The van der Waals surface area contributed by atoms with Crippen molar-refractivity contribution in [2.45, 2.75) is 25.4 Å². The number of likely N-dealkylation sites (tertiary alicyclic amines) is 1. The Morgan fingerprint density at radius 2 is 2.30 bits per heavy atom. The van der Waals surface area contributed by atoms with Gasteiger partial charge >= 0.3 is 6.03 Å². The molecule has 0 bridgehead atoms. The minimum atomic E-state index is -0.137. The van der Waals surface area contributed by atoms with Crippen molar-refractivity contribution in [3.8, 4) is 0 Å². The average molecular weight is 274 g/mol. The van der Waals surface area contributed by atoms with Crippen molar-refractivity contribution >= 4 is 17.0 Å². The van der Waals surface area contributed by atoms with Gasteiger partial charge in [0.25, 0.3) is 0 Å². The van der Waals surface area contributed by atoms with Crippen LogP contribution in [0.15, 0.2) is 34.7 Å². The molecule has 1 saturated heterocycles. The van der Waals surface area contributed by atoms with Gasteiger partial charge in [-0.3, -0.25) is 0 Å². The smallest absolute Gasteiger partial charge is 0.318 e. The molecule has 1 fully saturated rings. The molecule has 1 aromatic heterocycles. The normalized spacial score (nSPS) is 18.6. The van der Waals surface area contributed by atoms with Gasteiger partial charge < -0.3 is 19.7 Å². The van der Waals surface area contributed by atoms with E-state index in [1.807, 2.05) is 30.3 Å². The van der Waals surface area contributed by atoms with Crippen molar-refractivity contribution in [3.63, 3.8) is 0 Å². The minimum absolute atomic E-state index is 0.0259. The van der Waals surface area contributed by atoms with E-state index in [9.17, 15) is 9.90 Å². The quantitative estimate of drug-likeness (QED) is 0.900. The summed E-state index contributed by atoms with van der Waals surface area (Å²) >= 11 is 0. The summed E-state index contributed by atoms with van der Waals surface area (Å²) in [5.74, 6) is 0.735. The maximum atomic E-state index is 12.1. The Morgan fingerprint density at radius 3 is 3.10 bits per heavy atom. The summed E-state index contributed by atoms with van der Waals surface area (Å²) in [4.78, 5) is 13.8. The first-order valence-corrected chi connectivity index (χ1v) is 6.90. The summed E-state index contributed by atoms with van der Waals surface area (Å²) in [5, 5.41) is 13.1. The van der Waals surface area contributed by atoms with E-state index in [1.165, 1.54) is 0 Å². The molecule has 106 valence electrons. The number of aliphatic hydroxyl groups excluding tert-OH is 1. The molecule has 2 N–H and O–H groups in total. The van der Waals surface area contributed by atoms with Crippen LogP contribution < -0.4 is 5.32 Å². The Kier molecular flexibility index (Phi) is 3.60. The molecule has 0 spiro atoms. The number of rotatable bonds is 3. The first-order valence-electron chi connectivity index (χ1n) is 6.90. The molecule has 1 aliphatic rings. The number of hydrogen-bond acceptors (Lipinski definition) is 3. The second-order valence-corrected chi connectivity index (χ2v) is 5.08. The third kappa shape index (κ3) is 2.49. The first kappa shape index (κ1) is 13.0. The second kappa shape index (κ2) is 5.54. The zero-order chi connectivity index (χ0) is 13.9. The van der Waals surface area contributed by atoms with Gasteiger partial charge in [-0.1, -0.05) is 18.2 Å². The van der Waals surface area contributed by atoms with E-state index in [-0.39, 0.29) is 18.7 Å². The predicted molar refractivity (Wildman–Crippen MR) is 75.3 cm³/mol. The van der Waals surface area contributed by atoms with Gasteiger partial charge in [0.1, 0.15) is 11.3 Å². The van der Waals surface area contributed by atoms with Crippen molar-refractivity contribution in [1.29, 1.82) is 0 Å². The van der Waals surface area contributed by atoms with Crippen LogP contribution in [0.2, 0.25) is 0 Å². The SMILES string of the molecule is O=C(NCc1cc2ccccc2o1)N1CCC[C@H]1CO. The number of carbonyl (C=O) groups excluding carboxylic acids is 1. The van der Waals surface area contributed by atoms with E-state index >= 15 is 0 Å². The van der Waals surface area contributed by atoms with E-state index in [2.05, 4.69) is 5.32 Å². The van der Waals surface area contributed by atoms with Gasteiger partial charge in [0.05, 0.1) is 19.2 Å². The first-order chi connectivity index (χ1) is 9.78. The van der Waals surface area contributed by atoms with Crippen LogP contribution in [0.1, 0.15) is 18.6 Å². The molecular weight excluding hydrogens is 256 g/mol. The second-order valence-electron chi connectivity index (χ2n) is 5.08. The van der Waals surface area contributed by atoms with E-state index in [4.69, 9.17) is 4.42 Å². The molecule has 2 aromatic rings. The largest absolute Gasteiger partial charge is 0.459 e. The van der Waals surface area contributed by atoms with Crippen molar-refractivity contribution < 1.29 is 14.3 Å². The molecule has 0 saturated carbocycles. The third-order valence-corrected chi connectivity index (χ3v) is 3.74. The molecule has 1 atom stereocenters. The maximum Gasteiger partial charge on any atom is 0.318 e. The van der Waals surface area contributed by atoms with Crippen LogP contribution in [0.4, 0.5) is 4.79 Å². The molecule has 1 aliphatic heterocycles. The molecule has 0 unspecified atom stereocenters. The van der Waals surface area contributed by atoms with E-state index in [1.54, 1.807) is 4.90 Å². The van der Waals surface area contributed by atoms with Gasteiger partial charge in [0.15, 0.2) is 0 Å². The number of fused-ring (bicyclic) bond motifs is 1. The lowest BCUT2D eigenvalue weighted by Crippen LogP contribution is -2.43. The summed E-state index contributed by atoms with van der Waals surface area (Å²) in [6, 6.07) is 9.51. The topological polar surface area (TPSA) is 65.7 Å². The monoisotopic (exact) mass is 274 g/mol. The number of carbonyl (C=O) groups is 1. The highest BCUT2D eigenvalue weighted by molar-refractivity contribution is 5.78. The van der Waals surface area contributed by atoms with Gasteiger partial charge in [-0.05, 0) is 25.0 Å². The van der Waals surface area contributed by atoms with Crippen LogP contribution in [-0.2, 0) is 6.54 Å². The fourth-order valence-corrected chi connectivity index (χ4v) is 2.68. The summed E-state index contributed by atoms with van der Waals surface area (Å²) < 4.78 is 5.65. The molecule has 0 aliphatic carbocycles. The average Bonchev–Trinajstić information content (AvgIpc) is 3.10. The fraction of sp³-hybridized carbons (Fsp3) is 0.400. The highest BCUT2D eigenvalue weighted by Crippen LogP contribution is 2.19. The van der Waals surface area contributed by atoms with E-state index in [0.717, 1.165) is 29.6 Å². The molecule has 2 heterocycles. The van der Waals surface area contributed by atoms with Crippen LogP contribution in [-0.4, -0.2) is 35.2 Å². The Balaban J connectivity index is 1.62. The summed E-state index contributed by atoms with van der Waals surface area (Å²) in [5.41, 5.74) is 0.825. The summed E-state index contributed by atoms with van der Waals surface area (Å²) in [6.07, 6.45) is 1.82. The maximum absolute atomic E-state index is 12.1. The molecular formula is C15H18N2O3. The summed E-state index contributed by atoms with van der Waals surface area (Å²) in [6.45, 7) is 1.09. The molecule has 5 nitrogen and oxygen atoms in total. The van der Waals surface area contributed by atoms with Gasteiger partial charge in [0.2, 0.25) is 0 Å². The number of hydrogen-bond donors (Lipinski definition) is 2. The van der Waals surface area contributed by atoms with E-state index in [0.29, 0.717) is 13.1 Å². The third-order valence-electron chi connectivity index (χ3n) is 3.74. The standard InChI is InChI=1S/C15H18N2O3/c18-10-12-5-3-7-17(12)15(19)16-9-13-8-11-4-1-2-6-14(11)20-13/h1-2,4,6,8,12,18H,3,5,7,9-10H2,(H,16,19)/t12-/m0/s1. The highest BCUT2D eigenvalue weighted by Gasteiger charge is 2.27. The molecule has 20 heavy (non-hydrogen) atoms. The lowest BCUT2D eigenvalue weighted by atomic mass is 10.2. The van der Waals surface area contributed by atoms with Gasteiger partial charge in [0, 0.05) is 11.9 Å². The number of nitrogens with one attached hydrogen (secondary N) is 1. The highest BCUT2D eigenvalue weighted by atomic mass is 16.3. The zero-order valence-electron chi connectivity index (χ0n) is 11.2. The number of aliphatic hydroxyl groups is 1. The number of amides is 2. The Hall–Kier alpha value is -2.01. The van der Waals surface area contributed by atoms with Crippen molar-refractivity contribution in [2.75, 3.05) is 13.2 Å². The van der Waals surface area contributed by atoms with Crippen LogP contribution in [0.25, 0.3) is 11.0 Å². The van der Waals surface area contributed by atoms with E-state index < -0.39 is 0 Å². The molecule has 2 amide bonds. The zero-order valence-corrected chi connectivity index (χ0v) is 11.2. The fourth-order valence-electron chi connectivity index (χ4n) is 2.68. The Labute approximate surface area is 117 Å². The van der Waals surface area contributed by atoms with Crippen molar-refractivity contribution in [3.05, 3.63) is 36.1 Å². The predicted octanol–water partition coefficient (Wildman–Crippen LogP) is 2.10. The summed E-state index contributed by atoms with van der Waals surface area (Å²) in [7, 11) is 0. The van der Waals surface area contributed by atoms with Crippen LogP contribution in [0.5, 0.6) is 0 Å². The molecule has 3 rings (SSSR count). The van der Waals surface area contributed by atoms with Crippen LogP contribution >= 0.6 is 0 Å². The number of nitrogens with zero attached hydrogens (tertiary/aromatic N) is 1. The van der Waals surface area contributed by atoms with Crippen molar-refractivity contribution in [1.82, 2.24) is 10.2 Å². The molecule has 5 heteroatoms. The lowest BCUT2D eigenvalue weighted by Gasteiger charge is -2.22. The number of benzene rings is 1. The minimum Gasteiger partial charge on any atom is -0.459 e. The van der Waals surface area contributed by atoms with Gasteiger partial charge in [-0.2, -0.15) is 0 Å². The molecule has 1 aromatic carbocycles. The lowest BCUT2D eigenvalue weighted by molar-refractivity contribution is 0.156. The van der Waals surface area contributed by atoms with Crippen LogP contribution in [0, 0.1) is 0 Å². The van der Waals surface area contributed by atoms with Crippen molar-refractivity contribution in [2.24, 2.45) is 0 Å². The van der Waals surface area contributed by atoms with Gasteiger partial charge in [-0.25, -0.2) is 4.79 Å².